The Morgan fingerprint density at radius 2 is 1.93 bits per heavy atom. The van der Waals surface area contributed by atoms with E-state index in [9.17, 15) is 13.2 Å². The van der Waals surface area contributed by atoms with Crippen molar-refractivity contribution in [2.45, 2.75) is 25.3 Å². The first-order chi connectivity index (χ1) is 13.3. The van der Waals surface area contributed by atoms with E-state index >= 15 is 0 Å². The van der Waals surface area contributed by atoms with Gasteiger partial charge in [0, 0.05) is 13.6 Å². The predicted molar refractivity (Wildman–Crippen MR) is 111 cm³/mol. The number of thiophene rings is 1. The lowest BCUT2D eigenvalue weighted by atomic mass is 10.2. The first-order valence-electron chi connectivity index (χ1n) is 9.43. The van der Waals surface area contributed by atoms with Crippen molar-refractivity contribution in [1.29, 1.82) is 0 Å². The maximum atomic E-state index is 13.0. The largest absolute Gasteiger partial charge is 0.337 e. The van der Waals surface area contributed by atoms with Gasteiger partial charge in [-0.15, -0.1) is 0 Å². The molecule has 28 heavy (non-hydrogen) atoms. The lowest BCUT2D eigenvalue weighted by Crippen LogP contribution is -3.15. The summed E-state index contributed by atoms with van der Waals surface area (Å²) in [5.74, 6) is 0.0898. The van der Waals surface area contributed by atoms with Crippen molar-refractivity contribution < 1.29 is 18.1 Å². The summed E-state index contributed by atoms with van der Waals surface area (Å²) in [4.78, 5) is 15.8. The van der Waals surface area contributed by atoms with Gasteiger partial charge < -0.3 is 9.80 Å². The Labute approximate surface area is 171 Å². The maximum Gasteiger partial charge on any atom is 0.277 e. The molecular weight excluding hydrogens is 394 g/mol. The SMILES string of the molecule is Cc1ccc(C)c(S(=O)(=O)N2CC[NH+](CC(=O)N(C)Cc3ccsc3)CC2)c1. The standard InChI is InChI=1S/C20H27N3O3S2/c1-16-4-5-17(2)19(12-16)28(25,26)23-9-7-22(8-10-23)14-20(24)21(3)13-18-6-11-27-15-18/h4-6,11-12,15H,7-10,13-14H2,1-3H3/p+1. The van der Waals surface area contributed by atoms with Crippen LogP contribution in [0.2, 0.25) is 0 Å². The Bertz CT molecular complexity index is 918. The smallest absolute Gasteiger partial charge is 0.277 e. The molecule has 2 heterocycles. The summed E-state index contributed by atoms with van der Waals surface area (Å²) in [6.45, 7) is 6.90. The average Bonchev–Trinajstić information content (AvgIpc) is 3.17. The number of carbonyl (C=O) groups is 1. The van der Waals surface area contributed by atoms with E-state index < -0.39 is 10.0 Å². The molecule has 8 heteroatoms. The van der Waals surface area contributed by atoms with Crippen molar-refractivity contribution in [2.75, 3.05) is 39.8 Å². The number of hydrogen-bond acceptors (Lipinski definition) is 4. The quantitative estimate of drug-likeness (QED) is 0.753. The van der Waals surface area contributed by atoms with Gasteiger partial charge in [-0.1, -0.05) is 12.1 Å². The van der Waals surface area contributed by atoms with E-state index in [1.165, 1.54) is 0 Å². The third kappa shape index (κ3) is 4.81. The number of quaternary nitrogens is 1. The second-order valence-electron chi connectivity index (χ2n) is 7.48. The number of amides is 1. The number of carbonyl (C=O) groups excluding carboxylic acids is 1. The molecule has 6 nitrogen and oxygen atoms in total. The highest BCUT2D eigenvalue weighted by Crippen LogP contribution is 2.21. The fraction of sp³-hybridized carbons (Fsp3) is 0.450. The molecule has 0 spiro atoms. The van der Waals surface area contributed by atoms with Gasteiger partial charge in [-0.05, 0) is 53.4 Å². The van der Waals surface area contributed by atoms with Crippen molar-refractivity contribution in [3.05, 3.63) is 51.7 Å². The summed E-state index contributed by atoms with van der Waals surface area (Å²) in [7, 11) is -1.67. The fourth-order valence-electron chi connectivity index (χ4n) is 3.44. The summed E-state index contributed by atoms with van der Waals surface area (Å²) in [6, 6.07) is 7.55. The second-order valence-corrected chi connectivity index (χ2v) is 10.2. The molecule has 0 unspecified atom stereocenters. The fourth-order valence-corrected chi connectivity index (χ4v) is 5.85. The lowest BCUT2D eigenvalue weighted by Gasteiger charge is -2.32. The van der Waals surface area contributed by atoms with Gasteiger partial charge in [0.2, 0.25) is 10.0 Å². The van der Waals surface area contributed by atoms with Crippen LogP contribution in [0.4, 0.5) is 0 Å². The molecule has 0 atom stereocenters. The van der Waals surface area contributed by atoms with E-state index in [1.54, 1.807) is 26.6 Å². The third-order valence-electron chi connectivity index (χ3n) is 5.22. The van der Waals surface area contributed by atoms with Crippen LogP contribution < -0.4 is 4.90 Å². The van der Waals surface area contributed by atoms with E-state index in [1.807, 2.05) is 49.9 Å². The molecule has 1 amide bonds. The number of sulfonamides is 1. The molecule has 1 saturated heterocycles. The molecule has 0 radical (unpaired) electrons. The van der Waals surface area contributed by atoms with Crippen LogP contribution in [0.1, 0.15) is 16.7 Å². The van der Waals surface area contributed by atoms with Crippen LogP contribution >= 0.6 is 11.3 Å². The van der Waals surface area contributed by atoms with Gasteiger partial charge in [0.05, 0.1) is 31.1 Å². The van der Waals surface area contributed by atoms with Crippen LogP contribution in [0.5, 0.6) is 0 Å². The van der Waals surface area contributed by atoms with Crippen LogP contribution in [-0.2, 0) is 21.4 Å². The Morgan fingerprint density at radius 1 is 1.21 bits per heavy atom. The van der Waals surface area contributed by atoms with Gasteiger partial charge in [-0.3, -0.25) is 4.79 Å². The highest BCUT2D eigenvalue weighted by molar-refractivity contribution is 7.89. The van der Waals surface area contributed by atoms with E-state index in [4.69, 9.17) is 0 Å². The van der Waals surface area contributed by atoms with Crippen molar-refractivity contribution in [2.24, 2.45) is 0 Å². The Morgan fingerprint density at radius 3 is 2.57 bits per heavy atom. The summed E-state index contributed by atoms with van der Waals surface area (Å²) in [5, 5.41) is 4.06. The highest BCUT2D eigenvalue weighted by atomic mass is 32.2. The zero-order valence-electron chi connectivity index (χ0n) is 16.6. The molecule has 1 aliphatic heterocycles. The van der Waals surface area contributed by atoms with Crippen molar-refractivity contribution in [1.82, 2.24) is 9.21 Å². The van der Waals surface area contributed by atoms with Crippen molar-refractivity contribution >= 4 is 27.3 Å². The molecule has 1 aromatic carbocycles. The summed E-state index contributed by atoms with van der Waals surface area (Å²) < 4.78 is 27.6. The molecule has 1 aliphatic rings. The lowest BCUT2D eigenvalue weighted by molar-refractivity contribution is -0.896. The Balaban J connectivity index is 1.56. The zero-order valence-corrected chi connectivity index (χ0v) is 18.3. The molecule has 0 saturated carbocycles. The monoisotopic (exact) mass is 422 g/mol. The van der Waals surface area contributed by atoms with Crippen molar-refractivity contribution in [3.8, 4) is 0 Å². The van der Waals surface area contributed by atoms with Gasteiger partial charge >= 0.3 is 0 Å². The summed E-state index contributed by atoms with van der Waals surface area (Å²) in [5.41, 5.74) is 2.85. The minimum Gasteiger partial charge on any atom is -0.337 e. The molecule has 1 fully saturated rings. The predicted octanol–water partition coefficient (Wildman–Crippen LogP) is 0.913. The zero-order chi connectivity index (χ0) is 20.3. The Hall–Kier alpha value is -1.74. The normalized spacial score (nSPS) is 16.2. The number of nitrogens with zero attached hydrogens (tertiary/aromatic N) is 2. The van der Waals surface area contributed by atoms with Crippen molar-refractivity contribution in [3.63, 3.8) is 0 Å². The van der Waals surface area contributed by atoms with Gasteiger partial charge in [-0.2, -0.15) is 15.6 Å². The number of nitrogens with one attached hydrogen (secondary N) is 1. The molecule has 152 valence electrons. The number of benzene rings is 1. The highest BCUT2D eigenvalue weighted by Gasteiger charge is 2.32. The molecule has 1 N–H and O–H groups in total. The summed E-state index contributed by atoms with van der Waals surface area (Å²) in [6.07, 6.45) is 0. The number of aryl methyl sites for hydroxylation is 2. The van der Waals surface area contributed by atoms with Gasteiger partial charge in [0.25, 0.3) is 5.91 Å². The minimum absolute atomic E-state index is 0.0898. The molecule has 1 aromatic heterocycles. The number of likely N-dealkylation sites (N-methyl/N-ethyl adjacent to an activating group) is 1. The molecular formula is C20H28N3O3S2+. The van der Waals surface area contributed by atoms with Crippen LogP contribution in [0.25, 0.3) is 0 Å². The first kappa shape index (κ1) is 21.0. The van der Waals surface area contributed by atoms with Gasteiger partial charge in [0.1, 0.15) is 0 Å². The van der Waals surface area contributed by atoms with Crippen LogP contribution in [0.3, 0.4) is 0 Å². The minimum atomic E-state index is -3.49. The van der Waals surface area contributed by atoms with E-state index in [2.05, 4.69) is 0 Å². The molecule has 0 aliphatic carbocycles. The molecule has 2 aromatic rings. The van der Waals surface area contributed by atoms with Crippen LogP contribution in [0, 0.1) is 13.8 Å². The molecule has 3 rings (SSSR count). The average molecular weight is 423 g/mol. The number of piperazine rings is 1. The second kappa shape index (κ2) is 8.73. The number of hydrogen-bond donors (Lipinski definition) is 1. The topological polar surface area (TPSA) is 62.1 Å². The van der Waals surface area contributed by atoms with E-state index in [0.717, 1.165) is 21.6 Å². The Kier molecular flexibility index (Phi) is 6.54. The summed E-state index contributed by atoms with van der Waals surface area (Å²) >= 11 is 1.63. The van der Waals surface area contributed by atoms with Gasteiger partial charge in [-0.25, -0.2) is 8.42 Å². The van der Waals surface area contributed by atoms with Gasteiger partial charge in [0.15, 0.2) is 6.54 Å². The van der Waals surface area contributed by atoms with E-state index in [-0.39, 0.29) is 5.91 Å². The first-order valence-corrected chi connectivity index (χ1v) is 11.8. The third-order valence-corrected chi connectivity index (χ3v) is 7.99. The van der Waals surface area contributed by atoms with E-state index in [0.29, 0.717) is 44.2 Å². The van der Waals surface area contributed by atoms with Crippen LogP contribution in [0.15, 0.2) is 39.9 Å². The van der Waals surface area contributed by atoms with Crippen LogP contribution in [-0.4, -0.2) is 63.3 Å². The maximum absolute atomic E-state index is 13.0. The molecule has 0 bridgehead atoms. The number of rotatable bonds is 6.